The number of aromatic nitrogens is 2. The number of rotatable bonds is 2. The Hall–Kier alpha value is -1.89. The van der Waals surface area contributed by atoms with Crippen LogP contribution in [0.5, 0.6) is 0 Å². The summed E-state index contributed by atoms with van der Waals surface area (Å²) in [5.74, 6) is 0.801. The van der Waals surface area contributed by atoms with Gasteiger partial charge in [0.2, 0.25) is 0 Å². The zero-order valence-electron chi connectivity index (χ0n) is 12.2. The van der Waals surface area contributed by atoms with Gasteiger partial charge in [-0.2, -0.15) is 0 Å². The smallest absolute Gasteiger partial charge is 0.190 e. The van der Waals surface area contributed by atoms with E-state index in [0.717, 1.165) is 32.0 Å². The number of nitrogens with zero attached hydrogens (tertiary/aromatic N) is 5. The number of amidine groups is 1. The van der Waals surface area contributed by atoms with Crippen LogP contribution in [0, 0.1) is 0 Å². The van der Waals surface area contributed by atoms with E-state index in [1.165, 1.54) is 6.20 Å². The number of oxime groups is 1. The van der Waals surface area contributed by atoms with E-state index in [1.807, 2.05) is 0 Å². The maximum Gasteiger partial charge on any atom is 0.190 e. The van der Waals surface area contributed by atoms with Crippen molar-refractivity contribution in [3.63, 3.8) is 0 Å². The Labute approximate surface area is 119 Å². The summed E-state index contributed by atoms with van der Waals surface area (Å²) in [4.78, 5) is 13.2. The van der Waals surface area contributed by atoms with Gasteiger partial charge in [0.1, 0.15) is 11.5 Å². The van der Waals surface area contributed by atoms with Crippen LogP contribution in [-0.4, -0.2) is 57.6 Å². The van der Waals surface area contributed by atoms with Crippen molar-refractivity contribution in [2.24, 2.45) is 10.9 Å². The van der Waals surface area contributed by atoms with Gasteiger partial charge in [-0.05, 0) is 20.8 Å². The molecule has 7 nitrogen and oxygen atoms in total. The Morgan fingerprint density at radius 3 is 2.30 bits per heavy atom. The third-order valence-electron chi connectivity index (χ3n) is 3.56. The Morgan fingerprint density at radius 1 is 1.20 bits per heavy atom. The summed E-state index contributed by atoms with van der Waals surface area (Å²) in [6.45, 7) is 10.6. The first-order valence-corrected chi connectivity index (χ1v) is 6.72. The van der Waals surface area contributed by atoms with Crippen LogP contribution >= 0.6 is 0 Å². The summed E-state index contributed by atoms with van der Waals surface area (Å²) < 4.78 is 0. The average molecular weight is 278 g/mol. The van der Waals surface area contributed by atoms with Gasteiger partial charge in [-0.3, -0.25) is 4.90 Å². The summed E-state index contributed by atoms with van der Waals surface area (Å²) in [5.41, 5.74) is 6.05. The van der Waals surface area contributed by atoms with Crippen molar-refractivity contribution < 1.29 is 5.21 Å². The molecule has 1 aliphatic heterocycles. The summed E-state index contributed by atoms with van der Waals surface area (Å²) in [6.07, 6.45) is 3.20. The molecule has 110 valence electrons. The van der Waals surface area contributed by atoms with E-state index in [1.54, 1.807) is 6.20 Å². The van der Waals surface area contributed by atoms with Crippen molar-refractivity contribution in [3.05, 3.63) is 18.1 Å². The van der Waals surface area contributed by atoms with Crippen LogP contribution in [0.15, 0.2) is 17.5 Å². The fraction of sp³-hybridized carbons (Fsp3) is 0.615. The summed E-state index contributed by atoms with van der Waals surface area (Å²) >= 11 is 0. The van der Waals surface area contributed by atoms with Gasteiger partial charge in [0.25, 0.3) is 0 Å². The SMILES string of the molecule is CC(C)(C)N1CCN(c2cnc(C(N)=NO)cn2)CC1. The predicted octanol–water partition coefficient (Wildman–Crippen LogP) is 0.492. The molecule has 0 aromatic carbocycles. The van der Waals surface area contributed by atoms with Crippen molar-refractivity contribution in [2.75, 3.05) is 31.1 Å². The van der Waals surface area contributed by atoms with E-state index in [2.05, 4.69) is 45.7 Å². The molecule has 1 saturated heterocycles. The van der Waals surface area contributed by atoms with Gasteiger partial charge < -0.3 is 15.8 Å². The van der Waals surface area contributed by atoms with E-state index in [4.69, 9.17) is 10.9 Å². The lowest BCUT2D eigenvalue weighted by atomic mass is 10.1. The zero-order chi connectivity index (χ0) is 14.8. The third kappa shape index (κ3) is 3.16. The lowest BCUT2D eigenvalue weighted by molar-refractivity contribution is 0.128. The second kappa shape index (κ2) is 5.62. The minimum atomic E-state index is -0.0263. The fourth-order valence-electron chi connectivity index (χ4n) is 2.27. The van der Waals surface area contributed by atoms with Crippen molar-refractivity contribution in [1.29, 1.82) is 0 Å². The lowest BCUT2D eigenvalue weighted by Crippen LogP contribution is -2.53. The largest absolute Gasteiger partial charge is 0.409 e. The van der Waals surface area contributed by atoms with Crippen LogP contribution in [0.4, 0.5) is 5.82 Å². The van der Waals surface area contributed by atoms with Gasteiger partial charge >= 0.3 is 0 Å². The lowest BCUT2D eigenvalue weighted by Gasteiger charge is -2.42. The van der Waals surface area contributed by atoms with Gasteiger partial charge in [-0.15, -0.1) is 0 Å². The first kappa shape index (κ1) is 14.5. The van der Waals surface area contributed by atoms with E-state index in [9.17, 15) is 0 Å². The molecular formula is C13H22N6O. The van der Waals surface area contributed by atoms with Crippen LogP contribution in [0.1, 0.15) is 26.5 Å². The van der Waals surface area contributed by atoms with Gasteiger partial charge in [0.15, 0.2) is 5.84 Å². The van der Waals surface area contributed by atoms with Gasteiger partial charge in [-0.1, -0.05) is 5.16 Å². The average Bonchev–Trinajstić information content (AvgIpc) is 2.46. The third-order valence-corrected chi connectivity index (χ3v) is 3.56. The summed E-state index contributed by atoms with van der Waals surface area (Å²) in [7, 11) is 0. The van der Waals surface area contributed by atoms with E-state index in [-0.39, 0.29) is 11.4 Å². The van der Waals surface area contributed by atoms with Crippen LogP contribution in [0.2, 0.25) is 0 Å². The minimum Gasteiger partial charge on any atom is -0.409 e. The zero-order valence-corrected chi connectivity index (χ0v) is 12.2. The van der Waals surface area contributed by atoms with Crippen molar-refractivity contribution in [1.82, 2.24) is 14.9 Å². The standard InChI is InChI=1S/C13H22N6O/c1-13(2,3)19-6-4-18(5-7-19)11-9-15-10(8-16-11)12(14)17-20/h8-9,20H,4-7H2,1-3H3,(H2,14,17). The first-order chi connectivity index (χ1) is 9.41. The maximum atomic E-state index is 8.59. The van der Waals surface area contributed by atoms with Gasteiger partial charge in [0, 0.05) is 31.7 Å². The minimum absolute atomic E-state index is 0.0263. The van der Waals surface area contributed by atoms with Crippen LogP contribution < -0.4 is 10.6 Å². The summed E-state index contributed by atoms with van der Waals surface area (Å²) in [6, 6.07) is 0. The van der Waals surface area contributed by atoms with Crippen molar-refractivity contribution in [2.45, 2.75) is 26.3 Å². The number of hydrogen-bond donors (Lipinski definition) is 2. The van der Waals surface area contributed by atoms with Crippen molar-refractivity contribution >= 4 is 11.7 Å². The number of anilines is 1. The summed E-state index contributed by atoms with van der Waals surface area (Å²) in [5, 5.41) is 11.5. The second-order valence-corrected chi connectivity index (χ2v) is 5.89. The first-order valence-electron chi connectivity index (χ1n) is 6.72. The highest BCUT2D eigenvalue weighted by molar-refractivity contribution is 5.94. The molecule has 0 spiro atoms. The normalized spacial score (nSPS) is 18.4. The molecule has 1 aliphatic rings. The Kier molecular flexibility index (Phi) is 4.08. The van der Waals surface area contributed by atoms with Crippen LogP contribution in [0.25, 0.3) is 0 Å². The van der Waals surface area contributed by atoms with Crippen LogP contribution in [-0.2, 0) is 0 Å². The van der Waals surface area contributed by atoms with Crippen LogP contribution in [0.3, 0.4) is 0 Å². The highest BCUT2D eigenvalue weighted by Crippen LogP contribution is 2.18. The Morgan fingerprint density at radius 2 is 1.85 bits per heavy atom. The quantitative estimate of drug-likeness (QED) is 0.354. The molecule has 2 heterocycles. The van der Waals surface area contributed by atoms with Gasteiger partial charge in [-0.25, -0.2) is 9.97 Å². The molecular weight excluding hydrogens is 256 g/mol. The van der Waals surface area contributed by atoms with Gasteiger partial charge in [0.05, 0.1) is 12.4 Å². The molecule has 0 unspecified atom stereocenters. The molecule has 0 amide bonds. The molecule has 0 radical (unpaired) electrons. The fourth-order valence-corrected chi connectivity index (χ4v) is 2.27. The molecule has 0 aliphatic carbocycles. The molecule has 7 heteroatoms. The number of hydrogen-bond acceptors (Lipinski definition) is 6. The maximum absolute atomic E-state index is 8.59. The molecule has 0 saturated carbocycles. The topological polar surface area (TPSA) is 90.9 Å². The molecule has 0 atom stereocenters. The van der Waals surface area contributed by atoms with Crippen molar-refractivity contribution in [3.8, 4) is 0 Å². The molecule has 1 aromatic rings. The predicted molar refractivity (Wildman–Crippen MR) is 78.1 cm³/mol. The molecule has 2 rings (SSSR count). The second-order valence-electron chi connectivity index (χ2n) is 5.89. The highest BCUT2D eigenvalue weighted by Gasteiger charge is 2.26. The Bertz CT molecular complexity index is 471. The molecule has 3 N–H and O–H groups in total. The van der Waals surface area contributed by atoms with E-state index >= 15 is 0 Å². The molecule has 20 heavy (non-hydrogen) atoms. The van der Waals surface area contributed by atoms with E-state index < -0.39 is 0 Å². The van der Waals surface area contributed by atoms with E-state index in [0.29, 0.717) is 5.69 Å². The highest BCUT2D eigenvalue weighted by atomic mass is 16.4. The molecule has 0 bridgehead atoms. The monoisotopic (exact) mass is 278 g/mol. The molecule has 1 aromatic heterocycles. The number of piperazine rings is 1. The number of nitrogens with two attached hydrogens (primary N) is 1. The molecule has 1 fully saturated rings. The Balaban J connectivity index is 2.01.